The molecule has 2 atom stereocenters. The zero-order chi connectivity index (χ0) is 16.5. The third-order valence-corrected chi connectivity index (χ3v) is 3.66. The second-order valence-electron chi connectivity index (χ2n) is 4.88. The van der Waals surface area contributed by atoms with Crippen molar-refractivity contribution in [3.63, 3.8) is 0 Å². The van der Waals surface area contributed by atoms with E-state index in [1.165, 1.54) is 19.3 Å². The Morgan fingerprint density at radius 1 is 1.41 bits per heavy atom. The molecule has 0 aliphatic carbocycles. The first-order valence-electron chi connectivity index (χ1n) is 7.73. The molecule has 0 aromatic heterocycles. The topological polar surface area (TPSA) is 75.7 Å². The van der Waals surface area contributed by atoms with Crippen molar-refractivity contribution in [2.75, 3.05) is 19.7 Å². The zero-order valence-corrected chi connectivity index (χ0v) is 14.3. The van der Waals surface area contributed by atoms with E-state index < -0.39 is 6.10 Å². The zero-order valence-electron chi connectivity index (χ0n) is 13.3. The molecular weight excluding hydrogens is 301 g/mol. The Labute approximate surface area is 135 Å². The molecule has 1 N–H and O–H groups in total. The van der Waals surface area contributed by atoms with Crippen LogP contribution in [0.15, 0.2) is 0 Å². The maximum absolute atomic E-state index is 11.8. The van der Waals surface area contributed by atoms with Gasteiger partial charge in [-0.25, -0.2) is 6.57 Å². The minimum atomic E-state index is -0.448. The number of nitriles is 1. The van der Waals surface area contributed by atoms with Crippen molar-refractivity contribution < 1.29 is 13.8 Å². The summed E-state index contributed by atoms with van der Waals surface area (Å²) in [7, 11) is -0.241. The van der Waals surface area contributed by atoms with Gasteiger partial charge in [0.05, 0.1) is 25.0 Å². The van der Waals surface area contributed by atoms with Crippen LogP contribution in [0, 0.1) is 17.9 Å². The molecule has 0 rings (SSSR count). The molecule has 124 valence electrons. The fourth-order valence-corrected chi connectivity index (χ4v) is 2.27. The van der Waals surface area contributed by atoms with Crippen LogP contribution in [0.5, 0.6) is 0 Å². The van der Waals surface area contributed by atoms with E-state index in [1.54, 1.807) is 0 Å². The van der Waals surface area contributed by atoms with Crippen LogP contribution in [0.3, 0.4) is 0 Å². The lowest BCUT2D eigenvalue weighted by molar-refractivity contribution is -0.122. The lowest BCUT2D eigenvalue weighted by Gasteiger charge is -2.14. The summed E-state index contributed by atoms with van der Waals surface area (Å²) in [5.41, 5.74) is 0. The monoisotopic (exact) mass is 327 g/mol. The van der Waals surface area contributed by atoms with Gasteiger partial charge in [0.2, 0.25) is 12.5 Å². The maximum atomic E-state index is 11.8. The summed E-state index contributed by atoms with van der Waals surface area (Å²) in [6.07, 6.45) is 5.63. The highest BCUT2D eigenvalue weighted by Gasteiger charge is 2.14. The van der Waals surface area contributed by atoms with Crippen molar-refractivity contribution in [1.29, 1.82) is 5.26 Å². The van der Waals surface area contributed by atoms with Crippen LogP contribution in [0.2, 0.25) is 0 Å². The van der Waals surface area contributed by atoms with Gasteiger partial charge in [-0.1, -0.05) is 32.6 Å². The molecule has 0 heterocycles. The first-order valence-corrected chi connectivity index (χ1v) is 8.55. The van der Waals surface area contributed by atoms with E-state index in [0.29, 0.717) is 13.2 Å². The lowest BCUT2D eigenvalue weighted by Crippen LogP contribution is -2.28. The number of carbonyl (C=O) groups excluding carboxylic acids is 1. The van der Waals surface area contributed by atoms with E-state index in [9.17, 15) is 4.79 Å². The predicted octanol–water partition coefficient (Wildman–Crippen LogP) is 3.21. The normalized spacial score (nSPS) is 12.0. The second-order valence-corrected chi connectivity index (χ2v) is 5.57. The quantitative estimate of drug-likeness (QED) is 0.302. The number of rotatable bonds is 14. The van der Waals surface area contributed by atoms with E-state index in [-0.39, 0.29) is 34.3 Å². The summed E-state index contributed by atoms with van der Waals surface area (Å²) >= 11 is 0. The fraction of sp³-hybridized carbons (Fsp3) is 0.800. The molecule has 0 radical (unpaired) electrons. The summed E-state index contributed by atoms with van der Waals surface area (Å²) in [6.45, 7) is 10.1. The molecule has 0 bridgehead atoms. The van der Waals surface area contributed by atoms with Crippen LogP contribution in [0.4, 0.5) is 0 Å². The van der Waals surface area contributed by atoms with Crippen LogP contribution in [0.25, 0.3) is 4.85 Å². The van der Waals surface area contributed by atoms with Gasteiger partial charge >= 0.3 is 0 Å². The molecule has 0 aliphatic heterocycles. The Bertz CT molecular complexity index is 366. The largest absolute Gasteiger partial charge is 0.356 e. The Balaban J connectivity index is 3.74. The average molecular weight is 327 g/mol. The van der Waals surface area contributed by atoms with E-state index in [0.717, 1.165) is 12.8 Å². The van der Waals surface area contributed by atoms with Crippen molar-refractivity contribution in [3.8, 4) is 6.07 Å². The van der Waals surface area contributed by atoms with E-state index in [1.807, 2.05) is 6.07 Å². The number of amides is 1. The molecule has 22 heavy (non-hydrogen) atoms. The van der Waals surface area contributed by atoms with Crippen molar-refractivity contribution in [2.24, 2.45) is 0 Å². The van der Waals surface area contributed by atoms with Gasteiger partial charge < -0.3 is 19.2 Å². The van der Waals surface area contributed by atoms with Crippen molar-refractivity contribution in [3.05, 3.63) is 11.4 Å². The molecule has 1 amide bonds. The summed E-state index contributed by atoms with van der Waals surface area (Å²) in [5.74, 6) is -0.0956. The van der Waals surface area contributed by atoms with E-state index >= 15 is 0 Å². The van der Waals surface area contributed by atoms with Gasteiger partial charge in [0.25, 0.3) is 0 Å². The molecule has 0 aromatic carbocycles. The molecule has 7 heteroatoms. The van der Waals surface area contributed by atoms with Gasteiger partial charge in [0.15, 0.2) is 9.03 Å². The highest BCUT2D eigenvalue weighted by molar-refractivity contribution is 7.26. The molecular formula is C15H26N3O3P. The second kappa shape index (κ2) is 16.2. The highest BCUT2D eigenvalue weighted by Crippen LogP contribution is 2.20. The number of hydrogen-bond acceptors (Lipinski definition) is 4. The molecule has 0 aliphatic rings. The number of nitrogens with one attached hydrogen (secondary N) is 1. The first kappa shape index (κ1) is 20.8. The summed E-state index contributed by atoms with van der Waals surface area (Å²) in [5, 5.41) is 11.6. The average Bonchev–Trinajstić information content (AvgIpc) is 2.50. The van der Waals surface area contributed by atoms with E-state index in [2.05, 4.69) is 17.1 Å². The number of hydrogen-bond donors (Lipinski definition) is 1. The van der Waals surface area contributed by atoms with E-state index in [4.69, 9.17) is 20.9 Å². The molecule has 0 spiro atoms. The third kappa shape index (κ3) is 13.8. The molecule has 0 aromatic rings. The lowest BCUT2D eigenvalue weighted by atomic mass is 10.1. The minimum absolute atomic E-state index is 0.0956. The number of unbranched alkanes of at least 4 members (excludes halogenated alkanes) is 4. The summed E-state index contributed by atoms with van der Waals surface area (Å²) in [6, 6.07) is 2.01. The third-order valence-electron chi connectivity index (χ3n) is 2.91. The fourth-order valence-electron chi connectivity index (χ4n) is 1.73. The van der Waals surface area contributed by atoms with Crippen LogP contribution < -0.4 is 5.32 Å². The maximum Gasteiger partial charge on any atom is 0.238 e. The van der Waals surface area contributed by atoms with Crippen LogP contribution in [-0.4, -0.2) is 31.7 Å². The van der Waals surface area contributed by atoms with Crippen molar-refractivity contribution >= 4 is 14.9 Å². The molecule has 0 saturated carbocycles. The smallest absolute Gasteiger partial charge is 0.238 e. The van der Waals surface area contributed by atoms with Gasteiger partial charge in [0.1, 0.15) is 6.61 Å². The first-order chi connectivity index (χ1) is 10.7. The standard InChI is InChI=1S/C15H26N3O3P/c1-3-4-5-6-7-10-18-15(19)13-14(8-9-16)21-22-20-12-11-17-2/h14,22H,3-8,10-13H2,1H3,(H,18,19)/t14-/m1/s1. The Hall–Kier alpha value is -1.20. The van der Waals surface area contributed by atoms with Gasteiger partial charge in [-0.2, -0.15) is 5.26 Å². The Morgan fingerprint density at radius 3 is 2.86 bits per heavy atom. The van der Waals surface area contributed by atoms with Gasteiger partial charge in [-0.3, -0.25) is 4.79 Å². The van der Waals surface area contributed by atoms with Crippen LogP contribution in [-0.2, 0) is 13.8 Å². The molecule has 1 unspecified atom stereocenters. The molecule has 0 fully saturated rings. The summed E-state index contributed by atoms with van der Waals surface area (Å²) < 4.78 is 10.5. The minimum Gasteiger partial charge on any atom is -0.356 e. The van der Waals surface area contributed by atoms with Crippen molar-refractivity contribution in [2.45, 2.75) is 58.0 Å². The summed E-state index contributed by atoms with van der Waals surface area (Å²) in [4.78, 5) is 14.9. The highest BCUT2D eigenvalue weighted by atomic mass is 31.1. The van der Waals surface area contributed by atoms with Crippen molar-refractivity contribution in [1.82, 2.24) is 5.32 Å². The number of carbonyl (C=O) groups is 1. The Morgan fingerprint density at radius 2 is 2.18 bits per heavy atom. The number of nitrogens with zero attached hydrogens (tertiary/aromatic N) is 2. The van der Waals surface area contributed by atoms with Gasteiger partial charge in [-0.15, -0.1) is 0 Å². The predicted molar refractivity (Wildman–Crippen MR) is 87.2 cm³/mol. The SMILES string of the molecule is [C-]#[N+]CCOPO[C@H](CC#N)CC(=O)NCCCCCCC. The van der Waals surface area contributed by atoms with Gasteiger partial charge in [0, 0.05) is 6.54 Å². The van der Waals surface area contributed by atoms with Gasteiger partial charge in [-0.05, 0) is 6.42 Å². The van der Waals surface area contributed by atoms with Crippen LogP contribution >= 0.6 is 9.03 Å². The molecule has 0 saturated heterocycles. The Kier molecular flexibility index (Phi) is 15.3. The molecule has 6 nitrogen and oxygen atoms in total. The van der Waals surface area contributed by atoms with Crippen LogP contribution in [0.1, 0.15) is 51.9 Å².